The lowest BCUT2D eigenvalue weighted by Gasteiger charge is -2.17. The number of carbonyl (C=O) groups is 2. The fourth-order valence-electron chi connectivity index (χ4n) is 3.26. The fraction of sp³-hybridized carbons (Fsp3) is 0.263. The maximum Gasteiger partial charge on any atom is 0.255 e. The highest BCUT2D eigenvalue weighted by molar-refractivity contribution is 7.93. The van der Waals surface area contributed by atoms with Crippen LogP contribution in [0.4, 0.5) is 11.4 Å². The monoisotopic (exact) mass is 402 g/mol. The minimum Gasteiger partial charge on any atom is -0.454 e. The van der Waals surface area contributed by atoms with Gasteiger partial charge in [-0.25, -0.2) is 8.42 Å². The summed E-state index contributed by atoms with van der Waals surface area (Å²) in [5, 5.41) is 2.71. The van der Waals surface area contributed by atoms with Gasteiger partial charge >= 0.3 is 0 Å². The molecule has 1 amide bonds. The molecule has 2 heterocycles. The van der Waals surface area contributed by atoms with Gasteiger partial charge in [0.1, 0.15) is 0 Å². The van der Waals surface area contributed by atoms with E-state index >= 15 is 0 Å². The molecular weight excluding hydrogens is 384 g/mol. The van der Waals surface area contributed by atoms with Crippen LogP contribution in [0.1, 0.15) is 34.1 Å². The Kier molecular flexibility index (Phi) is 4.46. The van der Waals surface area contributed by atoms with E-state index in [2.05, 4.69) is 5.32 Å². The Bertz CT molecular complexity index is 1080. The lowest BCUT2D eigenvalue weighted by atomic mass is 10.1. The van der Waals surface area contributed by atoms with Crippen LogP contribution < -0.4 is 19.1 Å². The second-order valence-electron chi connectivity index (χ2n) is 6.55. The molecule has 0 aromatic heterocycles. The largest absolute Gasteiger partial charge is 0.454 e. The highest BCUT2D eigenvalue weighted by Gasteiger charge is 2.29. The van der Waals surface area contributed by atoms with E-state index in [0.717, 1.165) is 0 Å². The Morgan fingerprint density at radius 2 is 1.86 bits per heavy atom. The molecule has 2 aliphatic heterocycles. The SMILES string of the molecule is CC(=O)c1cc2c(cc1NC(=O)c1cccc(N3CCCS3(=O)=O)c1)OCO2. The molecule has 0 unspecified atom stereocenters. The Morgan fingerprint density at radius 1 is 1.11 bits per heavy atom. The quantitative estimate of drug-likeness (QED) is 0.788. The fourth-order valence-corrected chi connectivity index (χ4v) is 4.82. The van der Waals surface area contributed by atoms with E-state index in [1.807, 2.05) is 0 Å². The summed E-state index contributed by atoms with van der Waals surface area (Å²) in [4.78, 5) is 24.7. The maximum atomic E-state index is 12.8. The molecule has 2 aliphatic rings. The molecule has 1 saturated heterocycles. The Morgan fingerprint density at radius 3 is 2.54 bits per heavy atom. The molecule has 146 valence electrons. The molecule has 4 rings (SSSR count). The zero-order valence-electron chi connectivity index (χ0n) is 15.1. The highest BCUT2D eigenvalue weighted by atomic mass is 32.2. The van der Waals surface area contributed by atoms with Crippen LogP contribution in [0, 0.1) is 0 Å². The van der Waals surface area contributed by atoms with Crippen LogP contribution in [0.3, 0.4) is 0 Å². The van der Waals surface area contributed by atoms with Crippen molar-refractivity contribution in [3.63, 3.8) is 0 Å². The number of Topliss-reactive ketones (excluding diaryl/α,β-unsaturated/α-hetero) is 1. The first-order valence-corrected chi connectivity index (χ1v) is 10.3. The summed E-state index contributed by atoms with van der Waals surface area (Å²) < 4.78 is 36.1. The molecule has 9 heteroatoms. The number of amides is 1. The molecule has 0 spiro atoms. The number of carbonyl (C=O) groups excluding carboxylic acids is 2. The number of ether oxygens (including phenoxy) is 2. The average molecular weight is 402 g/mol. The number of hydrogen-bond donors (Lipinski definition) is 1. The molecule has 28 heavy (non-hydrogen) atoms. The zero-order chi connectivity index (χ0) is 19.9. The number of hydrogen-bond acceptors (Lipinski definition) is 6. The van der Waals surface area contributed by atoms with Crippen molar-refractivity contribution in [1.29, 1.82) is 0 Å². The topological polar surface area (TPSA) is 102 Å². The second-order valence-corrected chi connectivity index (χ2v) is 8.57. The van der Waals surface area contributed by atoms with Gasteiger partial charge in [-0.05, 0) is 37.6 Å². The Labute approximate surface area is 162 Å². The van der Waals surface area contributed by atoms with Gasteiger partial charge in [0.2, 0.25) is 16.8 Å². The third-order valence-corrected chi connectivity index (χ3v) is 6.51. The predicted octanol–water partition coefficient (Wildman–Crippen LogP) is 2.41. The molecule has 0 bridgehead atoms. The summed E-state index contributed by atoms with van der Waals surface area (Å²) >= 11 is 0. The van der Waals surface area contributed by atoms with E-state index in [1.54, 1.807) is 24.3 Å². The minimum atomic E-state index is -3.34. The number of fused-ring (bicyclic) bond motifs is 1. The molecule has 0 radical (unpaired) electrons. The van der Waals surface area contributed by atoms with E-state index in [4.69, 9.17) is 9.47 Å². The van der Waals surface area contributed by atoms with E-state index in [1.165, 1.54) is 23.4 Å². The van der Waals surface area contributed by atoms with Crippen LogP contribution in [0.15, 0.2) is 36.4 Å². The average Bonchev–Trinajstić information content (AvgIpc) is 3.25. The summed E-state index contributed by atoms with van der Waals surface area (Å²) in [6.45, 7) is 1.84. The molecule has 8 nitrogen and oxygen atoms in total. The van der Waals surface area contributed by atoms with Gasteiger partial charge in [-0.1, -0.05) is 6.07 Å². The molecule has 2 aromatic carbocycles. The normalized spacial score (nSPS) is 16.8. The van der Waals surface area contributed by atoms with Crippen LogP contribution >= 0.6 is 0 Å². The molecule has 0 atom stereocenters. The minimum absolute atomic E-state index is 0.0520. The van der Waals surface area contributed by atoms with Crippen LogP contribution in [-0.4, -0.2) is 39.2 Å². The van der Waals surface area contributed by atoms with Crippen molar-refractivity contribution in [3.8, 4) is 11.5 Å². The molecule has 0 saturated carbocycles. The van der Waals surface area contributed by atoms with Crippen LogP contribution in [0.5, 0.6) is 11.5 Å². The highest BCUT2D eigenvalue weighted by Crippen LogP contribution is 2.37. The van der Waals surface area contributed by atoms with Crippen molar-refractivity contribution in [2.75, 3.05) is 28.7 Å². The van der Waals surface area contributed by atoms with Gasteiger partial charge in [0.15, 0.2) is 17.3 Å². The van der Waals surface area contributed by atoms with Crippen molar-refractivity contribution >= 4 is 33.1 Å². The van der Waals surface area contributed by atoms with Gasteiger partial charge in [0, 0.05) is 23.7 Å². The summed E-state index contributed by atoms with van der Waals surface area (Å²) in [5.41, 5.74) is 1.34. The van der Waals surface area contributed by atoms with Gasteiger partial charge in [0.05, 0.1) is 17.1 Å². The van der Waals surface area contributed by atoms with Gasteiger partial charge in [-0.2, -0.15) is 0 Å². The van der Waals surface area contributed by atoms with Crippen molar-refractivity contribution in [2.24, 2.45) is 0 Å². The number of benzene rings is 2. The molecule has 1 N–H and O–H groups in total. The standard InChI is InChI=1S/C19H18N2O6S/c1-12(22)15-9-17-18(27-11-26-17)10-16(15)20-19(23)13-4-2-5-14(8-13)21-6-3-7-28(21,24)25/h2,4-5,8-10H,3,6-7,11H2,1H3,(H,20,23). The van der Waals surface area contributed by atoms with Crippen molar-refractivity contribution < 1.29 is 27.5 Å². The number of ketones is 1. The number of anilines is 2. The number of sulfonamides is 1. The third kappa shape index (κ3) is 3.29. The molecule has 1 fully saturated rings. The first-order chi connectivity index (χ1) is 13.3. The van der Waals surface area contributed by atoms with Gasteiger partial charge in [-0.3, -0.25) is 13.9 Å². The summed E-state index contributed by atoms with van der Waals surface area (Å²) in [6.07, 6.45) is 0.553. The lowest BCUT2D eigenvalue weighted by Crippen LogP contribution is -2.25. The van der Waals surface area contributed by atoms with Gasteiger partial charge in [-0.15, -0.1) is 0 Å². The second kappa shape index (κ2) is 6.83. The smallest absolute Gasteiger partial charge is 0.255 e. The molecule has 0 aliphatic carbocycles. The van der Waals surface area contributed by atoms with E-state index in [-0.39, 0.29) is 23.9 Å². The number of nitrogens with zero attached hydrogens (tertiary/aromatic N) is 1. The van der Waals surface area contributed by atoms with E-state index in [9.17, 15) is 18.0 Å². The van der Waals surface area contributed by atoms with E-state index in [0.29, 0.717) is 41.4 Å². The van der Waals surface area contributed by atoms with Crippen LogP contribution in [-0.2, 0) is 10.0 Å². The Balaban J connectivity index is 1.63. The summed E-state index contributed by atoms with van der Waals surface area (Å²) in [6, 6.07) is 9.48. The number of rotatable bonds is 4. The van der Waals surface area contributed by atoms with Crippen molar-refractivity contribution in [1.82, 2.24) is 0 Å². The first kappa shape index (κ1) is 18.3. The van der Waals surface area contributed by atoms with Crippen LogP contribution in [0.2, 0.25) is 0 Å². The molecular formula is C19H18N2O6S. The van der Waals surface area contributed by atoms with E-state index < -0.39 is 15.9 Å². The first-order valence-electron chi connectivity index (χ1n) is 8.71. The summed E-state index contributed by atoms with van der Waals surface area (Å²) in [7, 11) is -3.34. The van der Waals surface area contributed by atoms with Gasteiger partial charge in [0.25, 0.3) is 5.91 Å². The summed E-state index contributed by atoms with van der Waals surface area (Å²) in [5.74, 6) is 0.301. The Hall–Kier alpha value is -3.07. The maximum absolute atomic E-state index is 12.8. The van der Waals surface area contributed by atoms with Crippen LogP contribution in [0.25, 0.3) is 0 Å². The lowest BCUT2D eigenvalue weighted by molar-refractivity contribution is 0.101. The third-order valence-electron chi connectivity index (χ3n) is 4.64. The number of nitrogens with one attached hydrogen (secondary N) is 1. The van der Waals surface area contributed by atoms with Crippen molar-refractivity contribution in [2.45, 2.75) is 13.3 Å². The van der Waals surface area contributed by atoms with Gasteiger partial charge < -0.3 is 14.8 Å². The molecule has 2 aromatic rings. The zero-order valence-corrected chi connectivity index (χ0v) is 15.9. The van der Waals surface area contributed by atoms with Crippen molar-refractivity contribution in [3.05, 3.63) is 47.5 Å². The predicted molar refractivity (Wildman–Crippen MR) is 103 cm³/mol.